The first-order valence-electron chi connectivity index (χ1n) is 10.7. The second-order valence-corrected chi connectivity index (χ2v) is 8.08. The summed E-state index contributed by atoms with van der Waals surface area (Å²) < 4.78 is 8.12. The van der Waals surface area contributed by atoms with Gasteiger partial charge in [0, 0.05) is 36.6 Å². The minimum Gasteiger partial charge on any atom is -0.493 e. The number of carbonyl (C=O) groups excluding carboxylic acids is 1. The Hall–Kier alpha value is -3.08. The van der Waals surface area contributed by atoms with Gasteiger partial charge in [0.25, 0.3) is 5.91 Å². The van der Waals surface area contributed by atoms with Gasteiger partial charge in [0.1, 0.15) is 5.75 Å². The maximum Gasteiger partial charge on any atom is 0.255 e. The highest BCUT2D eigenvalue weighted by Crippen LogP contribution is 2.23. The van der Waals surface area contributed by atoms with Crippen LogP contribution in [-0.2, 0) is 6.54 Å². The van der Waals surface area contributed by atoms with Crippen LogP contribution >= 0.6 is 0 Å². The fraction of sp³-hybridized carbons (Fsp3) is 0.360. The lowest BCUT2D eigenvalue weighted by atomic mass is 9.98. The van der Waals surface area contributed by atoms with Crippen LogP contribution in [0.15, 0.2) is 60.8 Å². The molecule has 0 saturated carbocycles. The number of carbonyl (C=O) groups is 1. The number of amides is 1. The summed E-state index contributed by atoms with van der Waals surface area (Å²) in [7, 11) is 0. The molecule has 5 heteroatoms. The summed E-state index contributed by atoms with van der Waals surface area (Å²) in [6.07, 6.45) is 3.91. The van der Waals surface area contributed by atoms with Crippen molar-refractivity contribution < 1.29 is 9.53 Å². The highest BCUT2D eigenvalue weighted by molar-refractivity contribution is 5.95. The molecule has 1 amide bonds. The number of pyridine rings is 1. The van der Waals surface area contributed by atoms with E-state index in [-0.39, 0.29) is 5.91 Å². The molecule has 5 nitrogen and oxygen atoms in total. The Bertz CT molecular complexity index is 982. The standard InChI is InChI=1S/C25H29N3O2/c1-19-15-24(20(2)28(19)17-22-10-6-7-13-26-22)25(29)27-14-8-9-21(16-27)18-30-23-11-4-3-5-12-23/h3-7,10-13,15,21H,8-9,14,16-18H2,1-2H3. The van der Waals surface area contributed by atoms with Crippen molar-refractivity contribution in [3.8, 4) is 5.75 Å². The second-order valence-electron chi connectivity index (χ2n) is 8.08. The Morgan fingerprint density at radius 2 is 1.93 bits per heavy atom. The number of para-hydroxylation sites is 1. The lowest BCUT2D eigenvalue weighted by Crippen LogP contribution is -2.41. The quantitative estimate of drug-likeness (QED) is 0.610. The largest absolute Gasteiger partial charge is 0.493 e. The summed E-state index contributed by atoms with van der Waals surface area (Å²) in [4.78, 5) is 19.7. The Labute approximate surface area is 178 Å². The zero-order chi connectivity index (χ0) is 20.9. The number of hydrogen-bond acceptors (Lipinski definition) is 3. The van der Waals surface area contributed by atoms with E-state index in [0.717, 1.165) is 54.3 Å². The molecule has 0 spiro atoms. The van der Waals surface area contributed by atoms with Crippen molar-refractivity contribution in [2.75, 3.05) is 19.7 Å². The SMILES string of the molecule is Cc1cc(C(=O)N2CCCC(COc3ccccc3)C2)c(C)n1Cc1ccccn1. The number of aromatic nitrogens is 2. The third kappa shape index (κ3) is 4.56. The van der Waals surface area contributed by atoms with Crippen molar-refractivity contribution in [1.82, 2.24) is 14.5 Å². The summed E-state index contributed by atoms with van der Waals surface area (Å²) in [5, 5.41) is 0. The van der Waals surface area contributed by atoms with E-state index in [9.17, 15) is 4.79 Å². The van der Waals surface area contributed by atoms with E-state index >= 15 is 0 Å². The molecule has 2 aromatic heterocycles. The van der Waals surface area contributed by atoms with Crippen LogP contribution in [0, 0.1) is 19.8 Å². The number of rotatable bonds is 6. The number of ether oxygens (including phenoxy) is 1. The minimum atomic E-state index is 0.125. The summed E-state index contributed by atoms with van der Waals surface area (Å²) in [6.45, 7) is 6.97. The smallest absolute Gasteiger partial charge is 0.255 e. The zero-order valence-corrected chi connectivity index (χ0v) is 17.8. The van der Waals surface area contributed by atoms with Crippen molar-refractivity contribution in [3.05, 3.63) is 83.4 Å². The molecule has 0 aliphatic carbocycles. The number of nitrogens with zero attached hydrogens (tertiary/aromatic N) is 3. The van der Waals surface area contributed by atoms with Crippen molar-refractivity contribution in [2.45, 2.75) is 33.2 Å². The molecule has 1 atom stereocenters. The van der Waals surface area contributed by atoms with E-state index in [2.05, 4.69) is 16.5 Å². The fourth-order valence-corrected chi connectivity index (χ4v) is 4.20. The van der Waals surface area contributed by atoms with Crippen LogP contribution in [0.25, 0.3) is 0 Å². The monoisotopic (exact) mass is 403 g/mol. The second kappa shape index (κ2) is 9.16. The van der Waals surface area contributed by atoms with Gasteiger partial charge in [0.05, 0.1) is 24.4 Å². The highest BCUT2D eigenvalue weighted by Gasteiger charge is 2.27. The third-order valence-electron chi connectivity index (χ3n) is 5.89. The number of aryl methyl sites for hydroxylation is 1. The van der Waals surface area contributed by atoms with Gasteiger partial charge in [-0.1, -0.05) is 24.3 Å². The summed E-state index contributed by atoms with van der Waals surface area (Å²) in [6, 6.07) is 17.8. The Kier molecular flexibility index (Phi) is 6.17. The van der Waals surface area contributed by atoms with Crippen LogP contribution in [0.2, 0.25) is 0 Å². The van der Waals surface area contributed by atoms with E-state index in [4.69, 9.17) is 4.74 Å². The van der Waals surface area contributed by atoms with Gasteiger partial charge in [-0.15, -0.1) is 0 Å². The van der Waals surface area contributed by atoms with Gasteiger partial charge < -0.3 is 14.2 Å². The van der Waals surface area contributed by atoms with Crippen molar-refractivity contribution >= 4 is 5.91 Å². The molecule has 0 radical (unpaired) electrons. The molecule has 1 aliphatic rings. The predicted octanol–water partition coefficient (Wildman–Crippen LogP) is 4.48. The van der Waals surface area contributed by atoms with Gasteiger partial charge in [-0.3, -0.25) is 9.78 Å². The molecule has 3 heterocycles. The van der Waals surface area contributed by atoms with E-state index < -0.39 is 0 Å². The molecule has 1 aromatic carbocycles. The van der Waals surface area contributed by atoms with Crippen LogP contribution in [0.1, 0.15) is 40.3 Å². The van der Waals surface area contributed by atoms with Gasteiger partial charge in [-0.05, 0) is 57.0 Å². The van der Waals surface area contributed by atoms with Gasteiger partial charge in [0.2, 0.25) is 0 Å². The number of likely N-dealkylation sites (tertiary alicyclic amines) is 1. The zero-order valence-electron chi connectivity index (χ0n) is 17.8. The molecule has 4 rings (SSSR count). The van der Waals surface area contributed by atoms with Crippen molar-refractivity contribution in [1.29, 1.82) is 0 Å². The average molecular weight is 404 g/mol. The molecule has 1 saturated heterocycles. The molecular formula is C25H29N3O2. The van der Waals surface area contributed by atoms with Gasteiger partial charge in [-0.2, -0.15) is 0 Å². The van der Waals surface area contributed by atoms with E-state index in [1.807, 2.05) is 66.4 Å². The van der Waals surface area contributed by atoms with Crippen LogP contribution in [-0.4, -0.2) is 40.1 Å². The van der Waals surface area contributed by atoms with Crippen LogP contribution < -0.4 is 4.74 Å². The number of piperidine rings is 1. The lowest BCUT2D eigenvalue weighted by molar-refractivity contribution is 0.0632. The minimum absolute atomic E-state index is 0.125. The Balaban J connectivity index is 1.43. The lowest BCUT2D eigenvalue weighted by Gasteiger charge is -2.32. The summed E-state index contributed by atoms with van der Waals surface area (Å²) in [5.41, 5.74) is 3.88. The maximum atomic E-state index is 13.3. The van der Waals surface area contributed by atoms with Crippen molar-refractivity contribution in [3.63, 3.8) is 0 Å². The molecule has 30 heavy (non-hydrogen) atoms. The maximum absolute atomic E-state index is 13.3. The normalized spacial score (nSPS) is 16.5. The third-order valence-corrected chi connectivity index (χ3v) is 5.89. The van der Waals surface area contributed by atoms with Gasteiger partial charge >= 0.3 is 0 Å². The van der Waals surface area contributed by atoms with Gasteiger partial charge in [0.15, 0.2) is 0 Å². The summed E-state index contributed by atoms with van der Waals surface area (Å²) >= 11 is 0. The molecule has 1 unspecified atom stereocenters. The first-order chi connectivity index (χ1) is 14.6. The Morgan fingerprint density at radius 1 is 1.13 bits per heavy atom. The molecular weight excluding hydrogens is 374 g/mol. The van der Waals surface area contributed by atoms with Crippen molar-refractivity contribution in [2.24, 2.45) is 5.92 Å². The molecule has 3 aromatic rings. The topological polar surface area (TPSA) is 47.4 Å². The molecule has 1 fully saturated rings. The predicted molar refractivity (Wildman–Crippen MR) is 118 cm³/mol. The number of benzene rings is 1. The average Bonchev–Trinajstić information content (AvgIpc) is 3.07. The first kappa shape index (κ1) is 20.2. The molecule has 0 N–H and O–H groups in total. The van der Waals surface area contributed by atoms with E-state index in [1.54, 1.807) is 6.20 Å². The molecule has 1 aliphatic heterocycles. The van der Waals surface area contributed by atoms with Crippen LogP contribution in [0.3, 0.4) is 0 Å². The Morgan fingerprint density at radius 3 is 2.70 bits per heavy atom. The first-order valence-corrected chi connectivity index (χ1v) is 10.7. The molecule has 0 bridgehead atoms. The van der Waals surface area contributed by atoms with Gasteiger partial charge in [-0.25, -0.2) is 0 Å². The van der Waals surface area contributed by atoms with Crippen LogP contribution in [0.4, 0.5) is 0 Å². The van der Waals surface area contributed by atoms with E-state index in [1.165, 1.54) is 0 Å². The van der Waals surface area contributed by atoms with Crippen LogP contribution in [0.5, 0.6) is 5.75 Å². The van der Waals surface area contributed by atoms with E-state index in [0.29, 0.717) is 19.1 Å². The highest BCUT2D eigenvalue weighted by atomic mass is 16.5. The number of hydrogen-bond donors (Lipinski definition) is 0. The molecule has 156 valence electrons. The summed E-state index contributed by atoms with van der Waals surface area (Å²) in [5.74, 6) is 1.37. The fourth-order valence-electron chi connectivity index (χ4n) is 4.20.